The van der Waals surface area contributed by atoms with Crippen LogP contribution in [0.5, 0.6) is 5.75 Å². The Hall–Kier alpha value is -3.56. The maximum atomic E-state index is 14.1. The molecule has 3 aromatic rings. The lowest BCUT2D eigenvalue weighted by atomic mass is 10.1. The molecule has 0 spiro atoms. The van der Waals surface area contributed by atoms with Crippen molar-refractivity contribution >= 4 is 39.1 Å². The van der Waals surface area contributed by atoms with Crippen LogP contribution in [0.3, 0.4) is 0 Å². The van der Waals surface area contributed by atoms with E-state index in [9.17, 15) is 18.0 Å². The summed E-state index contributed by atoms with van der Waals surface area (Å²) in [6.07, 6.45) is 2.07. The second kappa shape index (κ2) is 14.9. The first-order valence-electron chi connectivity index (χ1n) is 13.7. The minimum atomic E-state index is -4.16. The number of hydrogen-bond donors (Lipinski definition) is 1. The van der Waals surface area contributed by atoms with Gasteiger partial charge in [0, 0.05) is 18.1 Å². The summed E-state index contributed by atoms with van der Waals surface area (Å²) < 4.78 is 34.1. The fraction of sp³-hybridized carbons (Fsp3) is 0.355. The largest absolute Gasteiger partial charge is 0.497 e. The molecular formula is C31H38ClN3O5S. The summed E-state index contributed by atoms with van der Waals surface area (Å²) in [7, 11) is -2.59. The van der Waals surface area contributed by atoms with Crippen molar-refractivity contribution in [1.82, 2.24) is 10.2 Å². The fourth-order valence-electron chi connectivity index (χ4n) is 4.35. The third kappa shape index (κ3) is 8.47. The Labute approximate surface area is 248 Å². The van der Waals surface area contributed by atoms with Gasteiger partial charge in [0.15, 0.2) is 0 Å². The molecule has 2 amide bonds. The summed E-state index contributed by atoms with van der Waals surface area (Å²) in [6, 6.07) is 19.2. The molecule has 0 fully saturated rings. The number of sulfonamides is 1. The van der Waals surface area contributed by atoms with Crippen molar-refractivity contribution in [3.63, 3.8) is 0 Å². The average Bonchev–Trinajstić information content (AvgIpc) is 2.96. The van der Waals surface area contributed by atoms with Gasteiger partial charge in [-0.1, -0.05) is 67.8 Å². The highest BCUT2D eigenvalue weighted by Crippen LogP contribution is 2.27. The van der Waals surface area contributed by atoms with Gasteiger partial charge in [-0.25, -0.2) is 8.42 Å². The number of aryl methyl sites for hydroxylation is 1. The molecule has 0 saturated heterocycles. The molecule has 1 N–H and O–H groups in total. The number of carbonyl (C=O) groups excluding carboxylic acids is 2. The predicted molar refractivity (Wildman–Crippen MR) is 163 cm³/mol. The van der Waals surface area contributed by atoms with E-state index in [2.05, 4.69) is 5.32 Å². The maximum Gasteiger partial charge on any atom is 0.264 e. The van der Waals surface area contributed by atoms with Gasteiger partial charge >= 0.3 is 0 Å². The van der Waals surface area contributed by atoms with Crippen LogP contribution >= 0.6 is 11.6 Å². The van der Waals surface area contributed by atoms with Crippen molar-refractivity contribution in [2.24, 2.45) is 0 Å². The number of methoxy groups -OCH3 is 1. The summed E-state index contributed by atoms with van der Waals surface area (Å²) in [5.74, 6) is -0.139. The molecule has 10 heteroatoms. The first kappa shape index (κ1) is 32.0. The first-order valence-corrected chi connectivity index (χ1v) is 15.5. The number of nitrogens with zero attached hydrogens (tertiary/aromatic N) is 2. The Morgan fingerprint density at radius 1 is 1.00 bits per heavy atom. The number of anilines is 1. The first-order chi connectivity index (χ1) is 19.6. The number of carbonyl (C=O) groups is 2. The number of nitrogens with one attached hydrogen (secondary N) is 1. The third-order valence-electron chi connectivity index (χ3n) is 6.71. The number of halogens is 1. The maximum absolute atomic E-state index is 14.1. The second-order valence-electron chi connectivity index (χ2n) is 9.74. The summed E-state index contributed by atoms with van der Waals surface area (Å²) in [5, 5.41) is 3.26. The third-order valence-corrected chi connectivity index (χ3v) is 8.73. The van der Waals surface area contributed by atoms with Crippen LogP contribution in [0.4, 0.5) is 5.69 Å². The van der Waals surface area contributed by atoms with E-state index in [1.54, 1.807) is 49.6 Å². The van der Waals surface area contributed by atoms with Crippen molar-refractivity contribution in [1.29, 1.82) is 0 Å². The van der Waals surface area contributed by atoms with E-state index in [-0.39, 0.29) is 23.0 Å². The van der Waals surface area contributed by atoms with Crippen molar-refractivity contribution in [3.05, 3.63) is 88.9 Å². The van der Waals surface area contributed by atoms with E-state index < -0.39 is 28.5 Å². The van der Waals surface area contributed by atoms with Crippen molar-refractivity contribution in [3.8, 4) is 5.75 Å². The highest BCUT2D eigenvalue weighted by Gasteiger charge is 2.33. The lowest BCUT2D eigenvalue weighted by Gasteiger charge is -2.33. The Balaban J connectivity index is 2.03. The normalized spacial score (nSPS) is 11.9. The fourth-order valence-corrected chi connectivity index (χ4v) is 5.94. The molecule has 0 aliphatic rings. The number of unbranched alkanes of at least 4 members (excludes halogenated alkanes) is 1. The minimum absolute atomic E-state index is 0.0435. The standard InChI is InChI=1S/C31H38ClN3O5S/c1-5-7-19-33-31(37)29(6-2)34(21-24-13-15-27(40-4)16-14-24)30(36)22-35(26-10-8-9-25(32)20-26)41(38,39)28-17-11-23(3)12-18-28/h8-18,20,29H,5-7,19,21-22H2,1-4H3,(H,33,37)/t29-/m0/s1. The molecule has 0 radical (unpaired) electrons. The second-order valence-corrected chi connectivity index (χ2v) is 12.0. The smallest absolute Gasteiger partial charge is 0.264 e. The minimum Gasteiger partial charge on any atom is -0.497 e. The molecule has 8 nitrogen and oxygen atoms in total. The van der Waals surface area contributed by atoms with E-state index in [1.807, 2.05) is 32.9 Å². The Morgan fingerprint density at radius 3 is 2.27 bits per heavy atom. The van der Waals surface area contributed by atoms with Gasteiger partial charge in [-0.15, -0.1) is 0 Å². The van der Waals surface area contributed by atoms with Gasteiger partial charge in [-0.3, -0.25) is 13.9 Å². The lowest BCUT2D eigenvalue weighted by Crippen LogP contribution is -2.52. The van der Waals surface area contributed by atoms with Crippen LogP contribution in [0.15, 0.2) is 77.7 Å². The van der Waals surface area contributed by atoms with Crippen LogP contribution in [0.25, 0.3) is 0 Å². The van der Waals surface area contributed by atoms with Crippen molar-refractivity contribution in [2.75, 3.05) is 24.5 Å². The number of amides is 2. The van der Waals surface area contributed by atoms with Crippen molar-refractivity contribution < 1.29 is 22.7 Å². The van der Waals surface area contributed by atoms with Gasteiger partial charge in [0.2, 0.25) is 11.8 Å². The Kier molecular flexibility index (Phi) is 11.6. The molecule has 3 rings (SSSR count). The molecular weight excluding hydrogens is 562 g/mol. The molecule has 0 heterocycles. The Bertz CT molecular complexity index is 1410. The molecule has 41 heavy (non-hydrogen) atoms. The zero-order valence-corrected chi connectivity index (χ0v) is 25.5. The molecule has 0 saturated carbocycles. The quantitative estimate of drug-likeness (QED) is 0.244. The highest BCUT2D eigenvalue weighted by molar-refractivity contribution is 7.92. The van der Waals surface area contributed by atoms with Crippen LogP contribution < -0.4 is 14.4 Å². The molecule has 0 bridgehead atoms. The van der Waals surface area contributed by atoms with Gasteiger partial charge in [-0.2, -0.15) is 0 Å². The van der Waals surface area contributed by atoms with Crippen LogP contribution in [0, 0.1) is 6.92 Å². The number of rotatable bonds is 14. The van der Waals surface area contributed by atoms with E-state index in [1.165, 1.54) is 23.1 Å². The molecule has 0 unspecified atom stereocenters. The van der Waals surface area contributed by atoms with Crippen LogP contribution in [-0.2, 0) is 26.2 Å². The van der Waals surface area contributed by atoms with E-state index in [4.69, 9.17) is 16.3 Å². The zero-order valence-electron chi connectivity index (χ0n) is 24.0. The summed E-state index contributed by atoms with van der Waals surface area (Å²) in [6.45, 7) is 5.80. The zero-order chi connectivity index (χ0) is 30.0. The predicted octanol–water partition coefficient (Wildman–Crippen LogP) is 5.58. The Morgan fingerprint density at radius 2 is 1.68 bits per heavy atom. The molecule has 3 aromatic carbocycles. The number of ether oxygens (including phenoxy) is 1. The number of hydrogen-bond acceptors (Lipinski definition) is 5. The molecule has 0 aromatic heterocycles. The SMILES string of the molecule is CCCCNC(=O)[C@H](CC)N(Cc1ccc(OC)cc1)C(=O)CN(c1cccc(Cl)c1)S(=O)(=O)c1ccc(C)cc1. The van der Waals surface area contributed by atoms with Crippen LogP contribution in [0.2, 0.25) is 5.02 Å². The molecule has 0 aliphatic heterocycles. The topological polar surface area (TPSA) is 96.0 Å². The van der Waals surface area contributed by atoms with E-state index in [0.717, 1.165) is 28.3 Å². The summed E-state index contributed by atoms with van der Waals surface area (Å²) in [5.41, 5.74) is 1.92. The van der Waals surface area contributed by atoms with Gasteiger partial charge in [0.05, 0.1) is 17.7 Å². The van der Waals surface area contributed by atoms with E-state index >= 15 is 0 Å². The molecule has 1 atom stereocenters. The monoisotopic (exact) mass is 599 g/mol. The van der Waals surface area contributed by atoms with Crippen molar-refractivity contribution in [2.45, 2.75) is 57.5 Å². The van der Waals surface area contributed by atoms with Crippen LogP contribution in [-0.4, -0.2) is 51.4 Å². The summed E-state index contributed by atoms with van der Waals surface area (Å²) >= 11 is 6.23. The van der Waals surface area contributed by atoms with E-state index in [0.29, 0.717) is 23.7 Å². The summed E-state index contributed by atoms with van der Waals surface area (Å²) in [4.78, 5) is 28.8. The average molecular weight is 600 g/mol. The highest BCUT2D eigenvalue weighted by atomic mass is 35.5. The van der Waals surface area contributed by atoms with Gasteiger partial charge < -0.3 is 15.0 Å². The van der Waals surface area contributed by atoms with Gasteiger partial charge in [-0.05, 0) is 67.8 Å². The molecule has 0 aliphatic carbocycles. The number of benzene rings is 3. The van der Waals surface area contributed by atoms with Crippen LogP contribution in [0.1, 0.15) is 44.2 Å². The van der Waals surface area contributed by atoms with Gasteiger partial charge in [0.25, 0.3) is 10.0 Å². The lowest BCUT2D eigenvalue weighted by molar-refractivity contribution is -0.140. The molecule has 220 valence electrons. The van der Waals surface area contributed by atoms with Gasteiger partial charge in [0.1, 0.15) is 18.3 Å².